The van der Waals surface area contributed by atoms with Crippen LogP contribution < -0.4 is 10.2 Å². The molecular weight excluding hydrogens is 350 g/mol. The molecule has 2 fully saturated rings. The SMILES string of the molecule is O=C(NC[C@H]1CCCO1)c1ccc(-c2ccc(N3CCCCCC3)nc2)cc1. The van der Waals surface area contributed by atoms with Crippen LogP contribution in [0.4, 0.5) is 5.82 Å². The highest BCUT2D eigenvalue weighted by Crippen LogP contribution is 2.23. The molecule has 5 nitrogen and oxygen atoms in total. The van der Waals surface area contributed by atoms with Gasteiger partial charge in [-0.25, -0.2) is 4.98 Å². The van der Waals surface area contributed by atoms with Crippen LogP contribution in [0.3, 0.4) is 0 Å². The third-order valence-corrected chi connectivity index (χ3v) is 5.67. The van der Waals surface area contributed by atoms with Gasteiger partial charge in [0.15, 0.2) is 0 Å². The first-order valence-corrected chi connectivity index (χ1v) is 10.5. The van der Waals surface area contributed by atoms with Crippen molar-refractivity contribution in [3.8, 4) is 11.1 Å². The minimum Gasteiger partial charge on any atom is -0.376 e. The molecule has 2 saturated heterocycles. The summed E-state index contributed by atoms with van der Waals surface area (Å²) in [5.41, 5.74) is 2.83. The smallest absolute Gasteiger partial charge is 0.251 e. The van der Waals surface area contributed by atoms with Crippen molar-refractivity contribution in [3.05, 3.63) is 48.2 Å². The Bertz CT molecular complexity index is 759. The van der Waals surface area contributed by atoms with Crippen LogP contribution in [0.1, 0.15) is 48.9 Å². The molecule has 0 unspecified atom stereocenters. The Balaban J connectivity index is 1.37. The number of carbonyl (C=O) groups excluding carboxylic acids is 1. The Morgan fingerprint density at radius 3 is 2.39 bits per heavy atom. The molecule has 1 aromatic carbocycles. The molecule has 0 radical (unpaired) electrons. The molecule has 0 bridgehead atoms. The van der Waals surface area contributed by atoms with Crippen LogP contribution in [0.5, 0.6) is 0 Å². The first kappa shape index (κ1) is 18.9. The van der Waals surface area contributed by atoms with Crippen molar-refractivity contribution in [3.63, 3.8) is 0 Å². The fourth-order valence-corrected chi connectivity index (χ4v) is 3.97. The monoisotopic (exact) mass is 379 g/mol. The van der Waals surface area contributed by atoms with Gasteiger partial charge in [-0.1, -0.05) is 25.0 Å². The Morgan fingerprint density at radius 2 is 1.75 bits per heavy atom. The fraction of sp³-hybridized carbons (Fsp3) is 0.478. The van der Waals surface area contributed by atoms with Crippen LogP contribution in [-0.4, -0.2) is 43.2 Å². The number of hydrogen-bond acceptors (Lipinski definition) is 4. The molecule has 2 aliphatic heterocycles. The van der Waals surface area contributed by atoms with Gasteiger partial charge >= 0.3 is 0 Å². The zero-order valence-corrected chi connectivity index (χ0v) is 16.4. The number of hydrogen-bond donors (Lipinski definition) is 1. The van der Waals surface area contributed by atoms with Crippen molar-refractivity contribution in [2.75, 3.05) is 31.1 Å². The van der Waals surface area contributed by atoms with Gasteiger partial charge in [-0.3, -0.25) is 4.79 Å². The lowest BCUT2D eigenvalue weighted by atomic mass is 10.1. The highest BCUT2D eigenvalue weighted by molar-refractivity contribution is 5.94. The second-order valence-electron chi connectivity index (χ2n) is 7.73. The Hall–Kier alpha value is -2.40. The highest BCUT2D eigenvalue weighted by Gasteiger charge is 2.17. The van der Waals surface area contributed by atoms with Gasteiger partial charge in [0.2, 0.25) is 0 Å². The van der Waals surface area contributed by atoms with E-state index < -0.39 is 0 Å². The zero-order chi connectivity index (χ0) is 19.2. The normalized spacial score (nSPS) is 20.0. The van der Waals surface area contributed by atoms with Crippen molar-refractivity contribution >= 4 is 11.7 Å². The zero-order valence-electron chi connectivity index (χ0n) is 16.4. The first-order valence-electron chi connectivity index (χ1n) is 10.5. The first-order chi connectivity index (χ1) is 13.8. The molecule has 2 aromatic rings. The van der Waals surface area contributed by atoms with E-state index in [9.17, 15) is 4.79 Å². The van der Waals surface area contributed by atoms with Crippen molar-refractivity contribution in [2.24, 2.45) is 0 Å². The van der Waals surface area contributed by atoms with Gasteiger partial charge in [0.05, 0.1) is 6.10 Å². The Morgan fingerprint density at radius 1 is 1.00 bits per heavy atom. The van der Waals surface area contributed by atoms with E-state index in [4.69, 9.17) is 4.74 Å². The molecule has 3 heterocycles. The average Bonchev–Trinajstić information content (AvgIpc) is 3.12. The van der Waals surface area contributed by atoms with Gasteiger partial charge in [0.25, 0.3) is 5.91 Å². The minimum absolute atomic E-state index is 0.0447. The fourth-order valence-electron chi connectivity index (χ4n) is 3.97. The Kier molecular flexibility index (Phi) is 6.22. The molecule has 4 rings (SSSR count). The summed E-state index contributed by atoms with van der Waals surface area (Å²) in [6.45, 7) is 3.59. The van der Waals surface area contributed by atoms with Crippen LogP contribution in [-0.2, 0) is 4.74 Å². The molecule has 0 saturated carbocycles. The molecule has 148 valence electrons. The van der Waals surface area contributed by atoms with Gasteiger partial charge < -0.3 is 15.0 Å². The summed E-state index contributed by atoms with van der Waals surface area (Å²) >= 11 is 0. The topological polar surface area (TPSA) is 54.5 Å². The molecule has 0 spiro atoms. The summed E-state index contributed by atoms with van der Waals surface area (Å²) in [7, 11) is 0. The van der Waals surface area contributed by atoms with Crippen LogP contribution >= 0.6 is 0 Å². The molecule has 0 aliphatic carbocycles. The van der Waals surface area contributed by atoms with E-state index in [0.29, 0.717) is 12.1 Å². The Labute approximate surface area is 167 Å². The van der Waals surface area contributed by atoms with E-state index >= 15 is 0 Å². The maximum absolute atomic E-state index is 12.3. The van der Waals surface area contributed by atoms with Crippen LogP contribution in [0.25, 0.3) is 11.1 Å². The van der Waals surface area contributed by atoms with Crippen LogP contribution in [0, 0.1) is 0 Å². The van der Waals surface area contributed by atoms with Crippen molar-refractivity contribution in [2.45, 2.75) is 44.6 Å². The number of benzene rings is 1. The van der Waals surface area contributed by atoms with Crippen molar-refractivity contribution < 1.29 is 9.53 Å². The van der Waals surface area contributed by atoms with E-state index in [2.05, 4.69) is 27.3 Å². The van der Waals surface area contributed by atoms with Crippen molar-refractivity contribution in [1.82, 2.24) is 10.3 Å². The number of rotatable bonds is 5. The minimum atomic E-state index is -0.0447. The second kappa shape index (κ2) is 9.20. The quantitative estimate of drug-likeness (QED) is 0.852. The van der Waals surface area contributed by atoms with Crippen LogP contribution in [0.2, 0.25) is 0 Å². The number of ether oxygens (including phenoxy) is 1. The number of carbonyl (C=O) groups is 1. The third-order valence-electron chi connectivity index (χ3n) is 5.67. The number of aromatic nitrogens is 1. The molecular formula is C23H29N3O2. The lowest BCUT2D eigenvalue weighted by molar-refractivity contribution is 0.0858. The molecule has 28 heavy (non-hydrogen) atoms. The summed E-state index contributed by atoms with van der Waals surface area (Å²) in [5, 5.41) is 2.97. The van der Waals surface area contributed by atoms with E-state index in [1.807, 2.05) is 30.5 Å². The summed E-state index contributed by atoms with van der Waals surface area (Å²) < 4.78 is 5.55. The number of amides is 1. The van der Waals surface area contributed by atoms with E-state index in [1.165, 1.54) is 25.7 Å². The number of pyridine rings is 1. The third kappa shape index (κ3) is 4.71. The van der Waals surface area contributed by atoms with E-state index in [1.54, 1.807) is 0 Å². The molecule has 1 amide bonds. The van der Waals surface area contributed by atoms with E-state index in [-0.39, 0.29) is 12.0 Å². The van der Waals surface area contributed by atoms with Gasteiger partial charge in [0.1, 0.15) is 5.82 Å². The standard InChI is InChI=1S/C23H29N3O2/c27-23(25-17-21-6-5-15-28-21)19-9-7-18(8-10-19)20-11-12-22(24-16-20)26-13-3-1-2-4-14-26/h7-12,16,21H,1-6,13-15,17H2,(H,25,27)/t21-/m1/s1. The molecule has 1 aromatic heterocycles. The van der Waals surface area contributed by atoms with Gasteiger partial charge in [-0.05, 0) is 55.5 Å². The summed E-state index contributed by atoms with van der Waals surface area (Å²) in [4.78, 5) is 19.4. The summed E-state index contributed by atoms with van der Waals surface area (Å²) in [6.07, 6.45) is 9.35. The summed E-state index contributed by atoms with van der Waals surface area (Å²) in [6, 6.07) is 12.0. The predicted molar refractivity (Wildman–Crippen MR) is 112 cm³/mol. The lowest BCUT2D eigenvalue weighted by Gasteiger charge is -2.21. The maximum atomic E-state index is 12.3. The predicted octanol–water partition coefficient (Wildman–Crippen LogP) is 4.04. The van der Waals surface area contributed by atoms with Gasteiger partial charge in [0, 0.05) is 43.6 Å². The van der Waals surface area contributed by atoms with Gasteiger partial charge in [-0.15, -0.1) is 0 Å². The van der Waals surface area contributed by atoms with Crippen molar-refractivity contribution in [1.29, 1.82) is 0 Å². The average molecular weight is 380 g/mol. The highest BCUT2D eigenvalue weighted by atomic mass is 16.5. The van der Waals surface area contributed by atoms with Gasteiger partial charge in [-0.2, -0.15) is 0 Å². The molecule has 5 heteroatoms. The maximum Gasteiger partial charge on any atom is 0.251 e. The molecule has 1 N–H and O–H groups in total. The molecule has 2 aliphatic rings. The lowest BCUT2D eigenvalue weighted by Crippen LogP contribution is -2.31. The number of nitrogens with zero attached hydrogens (tertiary/aromatic N) is 2. The number of nitrogens with one attached hydrogen (secondary N) is 1. The largest absolute Gasteiger partial charge is 0.376 e. The van der Waals surface area contributed by atoms with E-state index in [0.717, 1.165) is 49.5 Å². The second-order valence-corrected chi connectivity index (χ2v) is 7.73. The summed E-state index contributed by atoms with van der Waals surface area (Å²) in [5.74, 6) is 1.02. The number of anilines is 1. The molecule has 1 atom stereocenters. The van der Waals surface area contributed by atoms with Crippen LogP contribution in [0.15, 0.2) is 42.6 Å².